The lowest BCUT2D eigenvalue weighted by molar-refractivity contribution is -0.122. The highest BCUT2D eigenvalue weighted by atomic mass is 16.5. The van der Waals surface area contributed by atoms with Gasteiger partial charge in [0, 0.05) is 32.1 Å². The van der Waals surface area contributed by atoms with Gasteiger partial charge in [0.15, 0.2) is 0 Å². The van der Waals surface area contributed by atoms with Crippen LogP contribution < -0.4 is 10.6 Å². The third kappa shape index (κ3) is 5.47. The quantitative estimate of drug-likeness (QED) is 0.749. The Morgan fingerprint density at radius 3 is 2.95 bits per heavy atom. The lowest BCUT2D eigenvalue weighted by atomic mass is 9.96. The monoisotopic (exact) mass is 269 g/mol. The third-order valence-corrected chi connectivity index (χ3v) is 3.92. The van der Waals surface area contributed by atoms with Gasteiger partial charge >= 0.3 is 0 Å². The summed E-state index contributed by atoms with van der Waals surface area (Å²) in [7, 11) is 0. The number of amides is 1. The Balaban J connectivity index is 1.63. The molecule has 0 saturated carbocycles. The first kappa shape index (κ1) is 14.8. The topological polar surface area (TPSA) is 53.6 Å². The molecule has 0 aromatic rings. The van der Waals surface area contributed by atoms with Crippen LogP contribution in [0.4, 0.5) is 0 Å². The smallest absolute Gasteiger partial charge is 0.220 e. The molecule has 110 valence electrons. The van der Waals surface area contributed by atoms with Crippen molar-refractivity contribution in [3.05, 3.63) is 0 Å². The average Bonchev–Trinajstić information content (AvgIpc) is 2.40. The molecule has 0 radical (unpaired) electrons. The van der Waals surface area contributed by atoms with E-state index in [4.69, 9.17) is 4.74 Å². The number of nitrogens with one attached hydrogen (secondary N) is 2. The van der Waals surface area contributed by atoms with E-state index in [0.717, 1.165) is 45.9 Å². The Bertz CT molecular complexity index is 274. The second-order valence-corrected chi connectivity index (χ2v) is 5.80. The molecule has 0 aliphatic carbocycles. The molecule has 2 heterocycles. The maximum absolute atomic E-state index is 12.0. The SMILES string of the molecule is CC(CN1CCOCC1)NC(=O)CC1CCCNC1. The number of nitrogens with zero attached hydrogens (tertiary/aromatic N) is 1. The summed E-state index contributed by atoms with van der Waals surface area (Å²) in [6.07, 6.45) is 3.04. The second-order valence-electron chi connectivity index (χ2n) is 5.80. The largest absolute Gasteiger partial charge is 0.379 e. The lowest BCUT2D eigenvalue weighted by Gasteiger charge is -2.29. The van der Waals surface area contributed by atoms with Gasteiger partial charge in [0.2, 0.25) is 5.91 Å². The van der Waals surface area contributed by atoms with E-state index in [2.05, 4.69) is 22.5 Å². The highest BCUT2D eigenvalue weighted by Gasteiger charge is 2.19. The first-order chi connectivity index (χ1) is 9.24. The van der Waals surface area contributed by atoms with Crippen LogP contribution in [-0.2, 0) is 9.53 Å². The van der Waals surface area contributed by atoms with Crippen LogP contribution in [0.25, 0.3) is 0 Å². The van der Waals surface area contributed by atoms with Crippen molar-refractivity contribution in [1.29, 1.82) is 0 Å². The molecular weight excluding hydrogens is 242 g/mol. The van der Waals surface area contributed by atoms with Gasteiger partial charge in [-0.25, -0.2) is 0 Å². The van der Waals surface area contributed by atoms with E-state index in [1.54, 1.807) is 0 Å². The van der Waals surface area contributed by atoms with Crippen LogP contribution in [0.3, 0.4) is 0 Å². The Morgan fingerprint density at radius 1 is 1.47 bits per heavy atom. The Kier molecular flexibility index (Phi) is 6.07. The molecule has 2 fully saturated rings. The molecule has 2 aliphatic heterocycles. The normalized spacial score (nSPS) is 26.9. The Labute approximate surface area is 116 Å². The zero-order valence-corrected chi connectivity index (χ0v) is 12.0. The van der Waals surface area contributed by atoms with Crippen LogP contribution in [0.15, 0.2) is 0 Å². The van der Waals surface area contributed by atoms with Gasteiger partial charge in [0.1, 0.15) is 0 Å². The van der Waals surface area contributed by atoms with Crippen molar-refractivity contribution >= 4 is 5.91 Å². The zero-order valence-electron chi connectivity index (χ0n) is 12.0. The standard InChI is InChI=1S/C14H27N3O2/c1-12(11-17-5-7-19-8-6-17)16-14(18)9-13-3-2-4-15-10-13/h12-13,15H,2-11H2,1H3,(H,16,18). The second kappa shape index (κ2) is 7.82. The van der Waals surface area contributed by atoms with Crippen LogP contribution in [-0.4, -0.2) is 62.8 Å². The van der Waals surface area contributed by atoms with E-state index < -0.39 is 0 Å². The highest BCUT2D eigenvalue weighted by molar-refractivity contribution is 5.76. The van der Waals surface area contributed by atoms with E-state index in [0.29, 0.717) is 12.3 Å². The van der Waals surface area contributed by atoms with Gasteiger partial charge in [0.25, 0.3) is 0 Å². The maximum Gasteiger partial charge on any atom is 0.220 e. The molecule has 2 saturated heterocycles. The van der Waals surface area contributed by atoms with Crippen LogP contribution in [0.5, 0.6) is 0 Å². The number of hydrogen-bond donors (Lipinski definition) is 2. The van der Waals surface area contributed by atoms with Crippen molar-refractivity contribution in [2.24, 2.45) is 5.92 Å². The summed E-state index contributed by atoms with van der Waals surface area (Å²) < 4.78 is 5.33. The van der Waals surface area contributed by atoms with Crippen LogP contribution in [0, 0.1) is 5.92 Å². The van der Waals surface area contributed by atoms with E-state index >= 15 is 0 Å². The van der Waals surface area contributed by atoms with Crippen molar-refractivity contribution in [2.75, 3.05) is 45.9 Å². The summed E-state index contributed by atoms with van der Waals surface area (Å²) in [5.41, 5.74) is 0. The minimum absolute atomic E-state index is 0.203. The molecule has 5 heteroatoms. The number of hydrogen-bond acceptors (Lipinski definition) is 4. The molecule has 2 N–H and O–H groups in total. The number of piperidine rings is 1. The fourth-order valence-electron chi connectivity index (χ4n) is 2.91. The molecule has 1 amide bonds. The van der Waals surface area contributed by atoms with Gasteiger partial charge in [-0.05, 0) is 38.8 Å². The third-order valence-electron chi connectivity index (χ3n) is 3.92. The number of carbonyl (C=O) groups is 1. The van der Waals surface area contributed by atoms with Crippen molar-refractivity contribution in [1.82, 2.24) is 15.5 Å². The summed E-state index contributed by atoms with van der Waals surface area (Å²) >= 11 is 0. The molecule has 0 spiro atoms. The molecule has 2 unspecified atom stereocenters. The summed E-state index contributed by atoms with van der Waals surface area (Å²) in [5, 5.41) is 6.48. The minimum atomic E-state index is 0.203. The van der Waals surface area contributed by atoms with Crippen molar-refractivity contribution in [3.63, 3.8) is 0 Å². The molecule has 19 heavy (non-hydrogen) atoms. The van der Waals surface area contributed by atoms with Crippen LogP contribution in [0.1, 0.15) is 26.2 Å². The van der Waals surface area contributed by atoms with Crippen molar-refractivity contribution in [3.8, 4) is 0 Å². The first-order valence-corrected chi connectivity index (χ1v) is 7.54. The van der Waals surface area contributed by atoms with E-state index in [9.17, 15) is 4.79 Å². The van der Waals surface area contributed by atoms with Gasteiger partial charge in [-0.2, -0.15) is 0 Å². The average molecular weight is 269 g/mol. The van der Waals surface area contributed by atoms with E-state index in [1.165, 1.54) is 12.8 Å². The first-order valence-electron chi connectivity index (χ1n) is 7.54. The summed E-state index contributed by atoms with van der Waals surface area (Å²) in [6.45, 7) is 8.70. The van der Waals surface area contributed by atoms with E-state index in [-0.39, 0.29) is 11.9 Å². The molecule has 0 aromatic heterocycles. The molecule has 2 aliphatic rings. The van der Waals surface area contributed by atoms with Gasteiger partial charge in [-0.3, -0.25) is 9.69 Å². The van der Waals surface area contributed by atoms with Crippen molar-refractivity contribution < 1.29 is 9.53 Å². The molecule has 2 rings (SSSR count). The summed E-state index contributed by atoms with van der Waals surface area (Å²) in [4.78, 5) is 14.3. The highest BCUT2D eigenvalue weighted by Crippen LogP contribution is 2.13. The molecular formula is C14H27N3O2. The Morgan fingerprint density at radius 2 is 2.26 bits per heavy atom. The van der Waals surface area contributed by atoms with Gasteiger partial charge in [-0.1, -0.05) is 0 Å². The fourth-order valence-corrected chi connectivity index (χ4v) is 2.91. The van der Waals surface area contributed by atoms with Gasteiger partial charge in [-0.15, -0.1) is 0 Å². The Hall–Kier alpha value is -0.650. The molecule has 0 aromatic carbocycles. The predicted octanol–water partition coefficient (Wildman–Crippen LogP) is 0.213. The minimum Gasteiger partial charge on any atom is -0.379 e. The lowest BCUT2D eigenvalue weighted by Crippen LogP contribution is -2.46. The molecule has 0 bridgehead atoms. The van der Waals surface area contributed by atoms with Crippen molar-refractivity contribution in [2.45, 2.75) is 32.2 Å². The van der Waals surface area contributed by atoms with E-state index in [1.807, 2.05) is 0 Å². The number of ether oxygens (including phenoxy) is 1. The number of rotatable bonds is 5. The maximum atomic E-state index is 12.0. The summed E-state index contributed by atoms with van der Waals surface area (Å²) in [6, 6.07) is 0.224. The fraction of sp³-hybridized carbons (Fsp3) is 0.929. The predicted molar refractivity (Wildman–Crippen MR) is 75.1 cm³/mol. The van der Waals surface area contributed by atoms with Crippen LogP contribution >= 0.6 is 0 Å². The molecule has 2 atom stereocenters. The molecule has 5 nitrogen and oxygen atoms in total. The number of morpholine rings is 1. The number of carbonyl (C=O) groups excluding carboxylic acids is 1. The summed E-state index contributed by atoms with van der Waals surface area (Å²) in [5.74, 6) is 0.721. The van der Waals surface area contributed by atoms with Gasteiger partial charge in [0.05, 0.1) is 13.2 Å². The van der Waals surface area contributed by atoms with Crippen LogP contribution in [0.2, 0.25) is 0 Å². The van der Waals surface area contributed by atoms with Gasteiger partial charge < -0.3 is 15.4 Å². The zero-order chi connectivity index (χ0) is 13.5.